The Hall–Kier alpha value is -1.81. The minimum atomic E-state index is -0.305. The molecule has 1 aromatic rings. The lowest BCUT2D eigenvalue weighted by molar-refractivity contribution is 0.174. The Bertz CT molecular complexity index is 457. The zero-order chi connectivity index (χ0) is 11.0. The maximum atomic E-state index is 8.94. The van der Waals surface area contributed by atoms with Crippen LogP contribution < -0.4 is 25.9 Å². The summed E-state index contributed by atoms with van der Waals surface area (Å²) in [6.45, 7) is 0.259. The van der Waals surface area contributed by atoms with Crippen molar-refractivity contribution in [1.82, 2.24) is 16.4 Å². The lowest BCUT2D eigenvalue weighted by Crippen LogP contribution is -2.32. The molecule has 2 unspecified atom stereocenters. The zero-order valence-electron chi connectivity index (χ0n) is 8.36. The molecule has 1 fully saturated rings. The lowest BCUT2D eigenvalue weighted by Gasteiger charge is -2.12. The Kier molecular flexibility index (Phi) is 2.15. The number of nitrogens with one attached hydrogen (secondary N) is 3. The van der Waals surface area contributed by atoms with E-state index in [4.69, 9.17) is 14.7 Å². The van der Waals surface area contributed by atoms with Gasteiger partial charge in [-0.3, -0.25) is 0 Å². The summed E-state index contributed by atoms with van der Waals surface area (Å²) in [6.07, 6.45) is 0. The predicted molar refractivity (Wildman–Crippen MR) is 54.1 cm³/mol. The van der Waals surface area contributed by atoms with Gasteiger partial charge in [-0.2, -0.15) is 10.8 Å². The smallest absolute Gasteiger partial charge is 0.231 e. The predicted octanol–water partition coefficient (Wildman–Crippen LogP) is -0.0390. The summed E-state index contributed by atoms with van der Waals surface area (Å²) < 4.78 is 10.5. The molecular weight excluding hydrogens is 208 g/mol. The summed E-state index contributed by atoms with van der Waals surface area (Å²) in [7, 11) is 0. The molecule has 16 heavy (non-hydrogen) atoms. The maximum Gasteiger partial charge on any atom is 0.231 e. The highest BCUT2D eigenvalue weighted by Crippen LogP contribution is 2.34. The summed E-state index contributed by atoms with van der Waals surface area (Å²) in [5, 5.41) is 8.94. The maximum absolute atomic E-state index is 8.94. The van der Waals surface area contributed by atoms with Crippen LogP contribution in [0.4, 0.5) is 0 Å². The van der Waals surface area contributed by atoms with Gasteiger partial charge in [-0.15, -0.1) is 0 Å². The first-order chi connectivity index (χ1) is 7.88. The standard InChI is InChI=1S/C10H10N4O2/c11-4-7-10(13-14-12-7)6-1-2-8-9(3-6)16-5-15-8/h1-3,7,10,12-14H,5H2. The van der Waals surface area contributed by atoms with Gasteiger partial charge >= 0.3 is 0 Å². The largest absolute Gasteiger partial charge is 0.454 e. The summed E-state index contributed by atoms with van der Waals surface area (Å²) in [5.74, 6) is 1.47. The van der Waals surface area contributed by atoms with Crippen molar-refractivity contribution in [2.75, 3.05) is 6.79 Å². The van der Waals surface area contributed by atoms with E-state index < -0.39 is 0 Å². The van der Waals surface area contributed by atoms with Crippen molar-refractivity contribution in [3.05, 3.63) is 23.8 Å². The fourth-order valence-electron chi connectivity index (χ4n) is 1.85. The van der Waals surface area contributed by atoms with Crippen molar-refractivity contribution in [2.24, 2.45) is 0 Å². The van der Waals surface area contributed by atoms with E-state index in [0.717, 1.165) is 17.1 Å². The van der Waals surface area contributed by atoms with Crippen molar-refractivity contribution in [3.8, 4) is 17.6 Å². The van der Waals surface area contributed by atoms with Crippen LogP contribution in [0.3, 0.4) is 0 Å². The van der Waals surface area contributed by atoms with E-state index in [1.807, 2.05) is 18.2 Å². The number of rotatable bonds is 1. The topological polar surface area (TPSA) is 78.3 Å². The lowest BCUT2D eigenvalue weighted by atomic mass is 10.0. The molecule has 3 rings (SSSR count). The van der Waals surface area contributed by atoms with Gasteiger partial charge in [0.15, 0.2) is 11.5 Å². The van der Waals surface area contributed by atoms with Gasteiger partial charge < -0.3 is 9.47 Å². The van der Waals surface area contributed by atoms with Crippen LogP contribution in [0.25, 0.3) is 0 Å². The van der Waals surface area contributed by atoms with Crippen LogP contribution >= 0.6 is 0 Å². The molecule has 0 amide bonds. The van der Waals surface area contributed by atoms with Crippen LogP contribution in [0.5, 0.6) is 11.5 Å². The molecule has 2 atom stereocenters. The molecule has 1 saturated heterocycles. The Morgan fingerprint density at radius 3 is 3.00 bits per heavy atom. The van der Waals surface area contributed by atoms with Gasteiger partial charge in [-0.05, 0) is 17.7 Å². The normalized spacial score (nSPS) is 26.7. The van der Waals surface area contributed by atoms with Crippen molar-refractivity contribution in [2.45, 2.75) is 12.1 Å². The third-order valence-electron chi connectivity index (χ3n) is 2.68. The van der Waals surface area contributed by atoms with Crippen LogP contribution in [-0.4, -0.2) is 12.8 Å². The van der Waals surface area contributed by atoms with Crippen molar-refractivity contribution in [1.29, 1.82) is 5.26 Å². The monoisotopic (exact) mass is 218 g/mol. The second-order valence-corrected chi connectivity index (χ2v) is 3.61. The van der Waals surface area contributed by atoms with E-state index in [-0.39, 0.29) is 18.9 Å². The minimum absolute atomic E-state index is 0.0977. The highest BCUT2D eigenvalue weighted by molar-refractivity contribution is 5.46. The van der Waals surface area contributed by atoms with Gasteiger partial charge in [0.1, 0.15) is 6.04 Å². The molecule has 2 heterocycles. The third-order valence-corrected chi connectivity index (χ3v) is 2.68. The Balaban J connectivity index is 1.92. The number of ether oxygens (including phenoxy) is 2. The number of hydrazine groups is 2. The molecule has 0 bridgehead atoms. The Morgan fingerprint density at radius 1 is 1.25 bits per heavy atom. The number of hydrogen-bond acceptors (Lipinski definition) is 6. The van der Waals surface area contributed by atoms with Gasteiger partial charge in [0.25, 0.3) is 0 Å². The quantitative estimate of drug-likeness (QED) is 0.614. The van der Waals surface area contributed by atoms with Crippen molar-refractivity contribution < 1.29 is 9.47 Å². The number of fused-ring (bicyclic) bond motifs is 1. The molecule has 0 aliphatic carbocycles. The van der Waals surface area contributed by atoms with E-state index in [1.165, 1.54) is 0 Å². The average Bonchev–Trinajstić information content (AvgIpc) is 2.96. The summed E-state index contributed by atoms with van der Waals surface area (Å²) in [6, 6.07) is 7.43. The molecule has 0 spiro atoms. The third kappa shape index (κ3) is 1.39. The summed E-state index contributed by atoms with van der Waals surface area (Å²) in [4.78, 5) is 0. The van der Waals surface area contributed by atoms with Crippen LogP contribution in [0.2, 0.25) is 0 Å². The van der Waals surface area contributed by atoms with E-state index >= 15 is 0 Å². The average molecular weight is 218 g/mol. The molecule has 3 N–H and O–H groups in total. The van der Waals surface area contributed by atoms with E-state index in [1.54, 1.807) is 0 Å². The van der Waals surface area contributed by atoms with E-state index in [0.29, 0.717) is 0 Å². The molecule has 0 saturated carbocycles. The van der Waals surface area contributed by atoms with E-state index in [9.17, 15) is 0 Å². The number of nitriles is 1. The second-order valence-electron chi connectivity index (χ2n) is 3.61. The van der Waals surface area contributed by atoms with Gasteiger partial charge in [0, 0.05) is 0 Å². The summed E-state index contributed by atoms with van der Waals surface area (Å²) in [5.41, 5.74) is 9.54. The van der Waals surface area contributed by atoms with Crippen LogP contribution in [0, 0.1) is 11.3 Å². The first-order valence-electron chi connectivity index (χ1n) is 4.94. The van der Waals surface area contributed by atoms with Crippen LogP contribution in [-0.2, 0) is 0 Å². The highest BCUT2D eigenvalue weighted by atomic mass is 16.7. The number of nitrogens with zero attached hydrogens (tertiary/aromatic N) is 1. The Labute approximate surface area is 92.1 Å². The van der Waals surface area contributed by atoms with Crippen molar-refractivity contribution in [3.63, 3.8) is 0 Å². The zero-order valence-corrected chi connectivity index (χ0v) is 8.36. The van der Waals surface area contributed by atoms with Gasteiger partial charge in [0.2, 0.25) is 6.79 Å². The highest BCUT2D eigenvalue weighted by Gasteiger charge is 2.29. The molecule has 0 radical (unpaired) electrons. The van der Waals surface area contributed by atoms with Gasteiger partial charge in [-0.25, -0.2) is 10.9 Å². The van der Waals surface area contributed by atoms with Crippen LogP contribution in [0.1, 0.15) is 11.6 Å². The van der Waals surface area contributed by atoms with Crippen molar-refractivity contribution >= 4 is 0 Å². The fraction of sp³-hybridized carbons (Fsp3) is 0.300. The van der Waals surface area contributed by atoms with Crippen LogP contribution in [0.15, 0.2) is 18.2 Å². The first kappa shape index (κ1) is 9.42. The first-order valence-corrected chi connectivity index (χ1v) is 4.94. The Morgan fingerprint density at radius 2 is 2.12 bits per heavy atom. The second kappa shape index (κ2) is 3.64. The summed E-state index contributed by atoms with van der Waals surface area (Å²) >= 11 is 0. The van der Waals surface area contributed by atoms with Gasteiger partial charge in [-0.1, -0.05) is 6.07 Å². The molecular formula is C10H10N4O2. The van der Waals surface area contributed by atoms with E-state index in [2.05, 4.69) is 22.5 Å². The number of benzene rings is 1. The molecule has 2 aliphatic heterocycles. The van der Waals surface area contributed by atoms with Gasteiger partial charge in [0.05, 0.1) is 12.1 Å². The number of hydrogen-bond donors (Lipinski definition) is 3. The molecule has 82 valence electrons. The SMILES string of the molecule is N#CC1NNNC1c1ccc2c(c1)OCO2. The molecule has 2 aliphatic rings. The molecule has 6 heteroatoms. The molecule has 1 aromatic carbocycles. The minimum Gasteiger partial charge on any atom is -0.454 e. The molecule has 0 aromatic heterocycles. The fourth-order valence-corrected chi connectivity index (χ4v) is 1.85. The molecule has 6 nitrogen and oxygen atoms in total.